The van der Waals surface area contributed by atoms with Crippen LogP contribution in [0.2, 0.25) is 5.02 Å². The maximum Gasteiger partial charge on any atom is 0.336 e. The largest absolute Gasteiger partial charge is 0.506 e. The number of benzene rings is 2. The standard InChI is InChI=1S/C24H27ClN2O3/c1-2-17-12-22(28)30-24-19(17)13-21(25)23(29)20(24)14-26-18-8-10-27(11-9-18)15-16-6-4-3-5-7-16/h3-7,12-13,18,26,29H,2,8-11,14-15H2,1H3/p+2. The van der Waals surface area contributed by atoms with Crippen LogP contribution in [-0.2, 0) is 19.5 Å². The average Bonchev–Trinajstić information content (AvgIpc) is 2.76. The minimum atomic E-state index is -0.389. The predicted octanol–water partition coefficient (Wildman–Crippen LogP) is 2.03. The maximum atomic E-state index is 12.0. The van der Waals surface area contributed by atoms with Crippen molar-refractivity contribution in [2.24, 2.45) is 0 Å². The first-order valence-electron chi connectivity index (χ1n) is 10.7. The van der Waals surface area contributed by atoms with Crippen molar-refractivity contribution in [3.05, 3.63) is 74.6 Å². The van der Waals surface area contributed by atoms with Crippen molar-refractivity contribution in [1.29, 1.82) is 0 Å². The molecule has 6 heteroatoms. The Morgan fingerprint density at radius 3 is 2.63 bits per heavy atom. The lowest BCUT2D eigenvalue weighted by Crippen LogP contribution is -3.13. The molecule has 5 nitrogen and oxygen atoms in total. The molecule has 2 heterocycles. The van der Waals surface area contributed by atoms with E-state index in [2.05, 4.69) is 35.6 Å². The molecule has 1 saturated heterocycles. The van der Waals surface area contributed by atoms with E-state index >= 15 is 0 Å². The highest BCUT2D eigenvalue weighted by atomic mass is 35.5. The molecule has 3 aromatic rings. The van der Waals surface area contributed by atoms with Gasteiger partial charge in [0, 0.05) is 29.9 Å². The molecule has 0 radical (unpaired) electrons. The van der Waals surface area contributed by atoms with Crippen molar-refractivity contribution in [2.45, 2.75) is 45.3 Å². The van der Waals surface area contributed by atoms with Crippen molar-refractivity contribution in [2.75, 3.05) is 13.1 Å². The second kappa shape index (κ2) is 9.21. The van der Waals surface area contributed by atoms with Crippen molar-refractivity contribution in [1.82, 2.24) is 0 Å². The Balaban J connectivity index is 1.45. The molecule has 1 aliphatic rings. The van der Waals surface area contributed by atoms with Gasteiger partial charge in [0.2, 0.25) is 0 Å². The van der Waals surface area contributed by atoms with Crippen LogP contribution in [0.5, 0.6) is 5.75 Å². The normalized spacial score (nSPS) is 19.3. The van der Waals surface area contributed by atoms with Crippen molar-refractivity contribution < 1.29 is 19.7 Å². The minimum Gasteiger partial charge on any atom is -0.506 e. The summed E-state index contributed by atoms with van der Waals surface area (Å²) in [4.78, 5) is 13.6. The summed E-state index contributed by atoms with van der Waals surface area (Å²) in [6, 6.07) is 14.3. The van der Waals surface area contributed by atoms with Gasteiger partial charge < -0.3 is 19.7 Å². The first-order chi connectivity index (χ1) is 14.5. The molecule has 0 amide bonds. The molecular formula is C24H29ClN2O3+2. The number of phenolic OH excluding ortho intramolecular Hbond substituents is 1. The molecule has 0 atom stereocenters. The van der Waals surface area contributed by atoms with Crippen molar-refractivity contribution in [3.8, 4) is 5.75 Å². The van der Waals surface area contributed by atoms with Crippen LogP contribution in [0.15, 0.2) is 51.7 Å². The first-order valence-corrected chi connectivity index (χ1v) is 11.1. The maximum absolute atomic E-state index is 12.0. The Morgan fingerprint density at radius 2 is 1.93 bits per heavy atom. The average molecular weight is 429 g/mol. The summed E-state index contributed by atoms with van der Waals surface area (Å²) < 4.78 is 5.50. The lowest BCUT2D eigenvalue weighted by molar-refractivity contribution is -0.926. The van der Waals surface area contributed by atoms with Crippen LogP contribution in [0.25, 0.3) is 11.0 Å². The summed E-state index contributed by atoms with van der Waals surface area (Å²) in [6.45, 7) is 5.86. The van der Waals surface area contributed by atoms with Gasteiger partial charge in [-0.1, -0.05) is 48.9 Å². The van der Waals surface area contributed by atoms with Crippen LogP contribution in [0.1, 0.15) is 36.5 Å². The highest BCUT2D eigenvalue weighted by Crippen LogP contribution is 2.35. The zero-order valence-corrected chi connectivity index (χ0v) is 18.0. The third-order valence-corrected chi connectivity index (χ3v) is 6.50. The number of phenols is 1. The van der Waals surface area contributed by atoms with Crippen molar-refractivity contribution >= 4 is 22.6 Å². The summed E-state index contributed by atoms with van der Waals surface area (Å²) in [6.07, 6.45) is 2.94. The topological polar surface area (TPSA) is 71.5 Å². The van der Waals surface area contributed by atoms with E-state index in [9.17, 15) is 9.90 Å². The van der Waals surface area contributed by atoms with E-state index in [4.69, 9.17) is 16.0 Å². The summed E-state index contributed by atoms with van der Waals surface area (Å²) in [5.74, 6) is 0.0176. The molecular weight excluding hydrogens is 400 g/mol. The van der Waals surface area contributed by atoms with Gasteiger partial charge in [-0.05, 0) is 18.1 Å². The molecule has 0 unspecified atom stereocenters. The van der Waals surface area contributed by atoms with E-state index in [1.54, 1.807) is 11.0 Å². The van der Waals surface area contributed by atoms with E-state index < -0.39 is 0 Å². The lowest BCUT2D eigenvalue weighted by Gasteiger charge is -2.28. The van der Waals surface area contributed by atoms with Gasteiger partial charge in [0.1, 0.15) is 18.8 Å². The predicted molar refractivity (Wildman–Crippen MR) is 118 cm³/mol. The minimum absolute atomic E-state index is 0.0176. The number of hydrogen-bond acceptors (Lipinski definition) is 3. The third kappa shape index (κ3) is 4.53. The first kappa shape index (κ1) is 20.9. The molecule has 1 fully saturated rings. The molecule has 4 N–H and O–H groups in total. The van der Waals surface area contributed by atoms with Gasteiger partial charge in [-0.2, -0.15) is 0 Å². The summed E-state index contributed by atoms with van der Waals surface area (Å²) >= 11 is 6.29. The van der Waals surface area contributed by atoms with Crippen LogP contribution in [0.4, 0.5) is 0 Å². The Hall–Kier alpha value is -2.34. The fourth-order valence-electron chi connectivity index (χ4n) is 4.49. The van der Waals surface area contributed by atoms with Crippen LogP contribution in [0, 0.1) is 0 Å². The summed E-state index contributed by atoms with van der Waals surface area (Å²) in [5.41, 5.74) is 2.96. The van der Waals surface area contributed by atoms with E-state index in [1.165, 1.54) is 11.6 Å². The van der Waals surface area contributed by atoms with Gasteiger partial charge in [-0.3, -0.25) is 0 Å². The Bertz CT molecular complexity index is 1070. The summed E-state index contributed by atoms with van der Waals surface area (Å²) in [7, 11) is 0. The fourth-order valence-corrected chi connectivity index (χ4v) is 4.72. The zero-order valence-electron chi connectivity index (χ0n) is 17.3. The molecule has 1 aromatic heterocycles. The van der Waals surface area contributed by atoms with Gasteiger partial charge >= 0.3 is 5.63 Å². The van der Waals surface area contributed by atoms with E-state index in [0.29, 0.717) is 35.2 Å². The highest BCUT2D eigenvalue weighted by molar-refractivity contribution is 6.33. The molecule has 2 aromatic carbocycles. The number of aryl methyl sites for hydroxylation is 1. The molecule has 4 rings (SSSR count). The van der Waals surface area contributed by atoms with Gasteiger partial charge in [0.25, 0.3) is 0 Å². The molecule has 0 aliphatic carbocycles. The third-order valence-electron chi connectivity index (χ3n) is 6.21. The van der Waals surface area contributed by atoms with E-state index in [0.717, 1.165) is 43.4 Å². The molecule has 0 saturated carbocycles. The number of piperidine rings is 1. The number of aromatic hydroxyl groups is 1. The fraction of sp³-hybridized carbons (Fsp3) is 0.375. The molecule has 0 spiro atoms. The highest BCUT2D eigenvalue weighted by Gasteiger charge is 2.26. The van der Waals surface area contributed by atoms with E-state index in [-0.39, 0.29) is 11.4 Å². The molecule has 1 aliphatic heterocycles. The van der Waals surface area contributed by atoms with Gasteiger partial charge in [0.05, 0.1) is 29.7 Å². The Morgan fingerprint density at radius 1 is 1.20 bits per heavy atom. The quantitative estimate of drug-likeness (QED) is 0.526. The number of likely N-dealkylation sites (tertiary alicyclic amines) is 1. The second-order valence-electron chi connectivity index (χ2n) is 8.20. The van der Waals surface area contributed by atoms with Gasteiger partial charge in [-0.15, -0.1) is 0 Å². The van der Waals surface area contributed by atoms with Gasteiger partial charge in [-0.25, -0.2) is 4.79 Å². The van der Waals surface area contributed by atoms with Crippen LogP contribution >= 0.6 is 11.6 Å². The van der Waals surface area contributed by atoms with E-state index in [1.807, 2.05) is 6.92 Å². The van der Waals surface area contributed by atoms with Gasteiger partial charge in [0.15, 0.2) is 5.58 Å². The smallest absolute Gasteiger partial charge is 0.336 e. The number of halogens is 1. The number of fused-ring (bicyclic) bond motifs is 1. The zero-order chi connectivity index (χ0) is 21.1. The second-order valence-corrected chi connectivity index (χ2v) is 8.60. The number of nitrogens with one attached hydrogen (secondary N) is 1. The van der Waals surface area contributed by atoms with Crippen LogP contribution in [-0.4, -0.2) is 24.2 Å². The molecule has 0 bridgehead atoms. The summed E-state index contributed by atoms with van der Waals surface area (Å²) in [5, 5.41) is 13.9. The van der Waals surface area contributed by atoms with Crippen LogP contribution in [0.3, 0.4) is 0 Å². The lowest BCUT2D eigenvalue weighted by atomic mass is 10.0. The monoisotopic (exact) mass is 428 g/mol. The van der Waals surface area contributed by atoms with Crippen molar-refractivity contribution in [3.63, 3.8) is 0 Å². The molecule has 30 heavy (non-hydrogen) atoms. The SMILES string of the molecule is CCc1cc(=O)oc2c(C[NH2+]C3CC[NH+](Cc4ccccc4)CC3)c(O)c(Cl)cc12. The Labute approximate surface area is 181 Å². The van der Waals surface area contributed by atoms with Crippen LogP contribution < -0.4 is 15.8 Å². The number of quaternary nitrogens is 2. The molecule has 158 valence electrons. The number of hydrogen-bond donors (Lipinski definition) is 3. The Kier molecular flexibility index (Phi) is 6.42. The number of rotatable bonds is 6. The number of nitrogens with two attached hydrogens (primary N) is 1.